The number of aromatic hydroxyl groups is 1. The number of benzene rings is 2. The van der Waals surface area contributed by atoms with E-state index in [1.807, 2.05) is 45.9 Å². The lowest BCUT2D eigenvalue weighted by Crippen LogP contribution is -2.27. The molecule has 0 spiro atoms. The lowest BCUT2D eigenvalue weighted by molar-refractivity contribution is 0.158. The average molecular weight is 434 g/mol. The molecular formula is C26H26O6. The number of fused-ring (bicyclic) bond motifs is 2. The summed E-state index contributed by atoms with van der Waals surface area (Å²) in [6.45, 7) is 8.31. The third-order valence-corrected chi connectivity index (χ3v) is 5.24. The van der Waals surface area contributed by atoms with Gasteiger partial charge in [0.2, 0.25) is 0 Å². The van der Waals surface area contributed by atoms with Crippen molar-refractivity contribution in [3.8, 4) is 34.1 Å². The first-order valence-electron chi connectivity index (χ1n) is 10.4. The molecule has 6 heteroatoms. The average Bonchev–Trinajstić information content (AvgIpc) is 2.72. The SMILES string of the molecule is COc1c2c(cc3oc(=O)c(-c4ccc(OCC=C(C)C)cc4)c(O)c13)OC(C)(C)C=C2. The summed E-state index contributed by atoms with van der Waals surface area (Å²) in [5.41, 5.74) is 1.45. The van der Waals surface area contributed by atoms with Gasteiger partial charge in [-0.2, -0.15) is 0 Å². The van der Waals surface area contributed by atoms with Gasteiger partial charge < -0.3 is 23.7 Å². The molecule has 0 radical (unpaired) electrons. The van der Waals surface area contributed by atoms with E-state index in [1.165, 1.54) is 12.7 Å². The highest BCUT2D eigenvalue weighted by molar-refractivity contribution is 5.99. The summed E-state index contributed by atoms with van der Waals surface area (Å²) in [7, 11) is 1.51. The molecule has 0 amide bonds. The maximum atomic E-state index is 12.8. The van der Waals surface area contributed by atoms with Gasteiger partial charge in [0, 0.05) is 6.07 Å². The second-order valence-corrected chi connectivity index (χ2v) is 8.46. The van der Waals surface area contributed by atoms with Crippen molar-refractivity contribution in [2.24, 2.45) is 0 Å². The maximum Gasteiger partial charge on any atom is 0.347 e. The second kappa shape index (κ2) is 8.11. The van der Waals surface area contributed by atoms with Crippen LogP contribution in [-0.4, -0.2) is 24.4 Å². The van der Waals surface area contributed by atoms with Crippen LogP contribution in [0.2, 0.25) is 0 Å². The van der Waals surface area contributed by atoms with E-state index in [0.717, 1.165) is 0 Å². The van der Waals surface area contributed by atoms with Crippen molar-refractivity contribution in [1.29, 1.82) is 0 Å². The Bertz CT molecular complexity index is 1290. The third kappa shape index (κ3) is 3.96. The second-order valence-electron chi connectivity index (χ2n) is 8.46. The number of allylic oxidation sites excluding steroid dienone is 1. The Morgan fingerprint density at radius 2 is 1.91 bits per heavy atom. The fraction of sp³-hybridized carbons (Fsp3) is 0.269. The molecule has 166 valence electrons. The Balaban J connectivity index is 1.82. The van der Waals surface area contributed by atoms with Crippen molar-refractivity contribution in [1.82, 2.24) is 0 Å². The highest BCUT2D eigenvalue weighted by atomic mass is 16.5. The maximum absolute atomic E-state index is 12.8. The molecule has 1 aromatic heterocycles. The van der Waals surface area contributed by atoms with Crippen LogP contribution < -0.4 is 19.8 Å². The highest BCUT2D eigenvalue weighted by Gasteiger charge is 2.28. The topological polar surface area (TPSA) is 78.1 Å². The largest absolute Gasteiger partial charge is 0.506 e. The molecule has 0 fully saturated rings. The van der Waals surface area contributed by atoms with E-state index < -0.39 is 11.2 Å². The molecule has 1 N–H and O–H groups in total. The molecule has 1 aliphatic rings. The normalized spacial score (nSPS) is 13.9. The molecule has 0 bridgehead atoms. The van der Waals surface area contributed by atoms with Crippen LogP contribution in [0.1, 0.15) is 33.3 Å². The molecule has 0 unspecified atom stereocenters. The minimum absolute atomic E-state index is 0.0626. The zero-order valence-electron chi connectivity index (χ0n) is 18.8. The first kappa shape index (κ1) is 21.6. The van der Waals surface area contributed by atoms with Gasteiger partial charge in [-0.1, -0.05) is 17.7 Å². The molecule has 0 atom stereocenters. The van der Waals surface area contributed by atoms with Crippen molar-refractivity contribution < 1.29 is 23.7 Å². The van der Waals surface area contributed by atoms with E-state index in [0.29, 0.717) is 40.4 Å². The predicted octanol–water partition coefficient (Wildman–Crippen LogP) is 5.70. The molecule has 0 aliphatic carbocycles. The van der Waals surface area contributed by atoms with Gasteiger partial charge in [0.1, 0.15) is 51.7 Å². The highest BCUT2D eigenvalue weighted by Crippen LogP contribution is 2.46. The smallest absolute Gasteiger partial charge is 0.347 e. The number of hydrogen-bond acceptors (Lipinski definition) is 6. The van der Waals surface area contributed by atoms with Crippen LogP contribution in [0.5, 0.6) is 23.0 Å². The summed E-state index contributed by atoms with van der Waals surface area (Å²) >= 11 is 0. The summed E-state index contributed by atoms with van der Waals surface area (Å²) in [6, 6.07) is 8.54. The Labute approximate surface area is 186 Å². The van der Waals surface area contributed by atoms with Crippen LogP contribution in [0.4, 0.5) is 0 Å². The van der Waals surface area contributed by atoms with E-state index in [1.54, 1.807) is 30.3 Å². The van der Waals surface area contributed by atoms with Crippen molar-refractivity contribution in [3.63, 3.8) is 0 Å². The van der Waals surface area contributed by atoms with Gasteiger partial charge >= 0.3 is 5.63 Å². The summed E-state index contributed by atoms with van der Waals surface area (Å²) < 4.78 is 22.9. The third-order valence-electron chi connectivity index (χ3n) is 5.24. The molecule has 32 heavy (non-hydrogen) atoms. The minimum atomic E-state index is -0.652. The number of methoxy groups -OCH3 is 1. The Kier molecular flexibility index (Phi) is 5.46. The lowest BCUT2D eigenvalue weighted by Gasteiger charge is -2.29. The van der Waals surface area contributed by atoms with Crippen LogP contribution in [-0.2, 0) is 0 Å². The lowest BCUT2D eigenvalue weighted by atomic mass is 9.98. The molecule has 3 aromatic rings. The van der Waals surface area contributed by atoms with Crippen LogP contribution in [0.15, 0.2) is 57.3 Å². The zero-order chi connectivity index (χ0) is 23.0. The van der Waals surface area contributed by atoms with Crippen LogP contribution in [0, 0.1) is 0 Å². The molecule has 2 heterocycles. The summed E-state index contributed by atoms with van der Waals surface area (Å²) in [6.07, 6.45) is 5.78. The van der Waals surface area contributed by atoms with Crippen molar-refractivity contribution in [2.75, 3.05) is 13.7 Å². The molecule has 2 aromatic carbocycles. The van der Waals surface area contributed by atoms with Crippen molar-refractivity contribution in [2.45, 2.75) is 33.3 Å². The van der Waals surface area contributed by atoms with Crippen LogP contribution >= 0.6 is 0 Å². The standard InChI is InChI=1S/C26H26O6/c1-15(2)11-13-30-17-8-6-16(7-9-17)21-23(27)22-20(31-25(21)28)14-19-18(24(22)29-5)10-12-26(3,4)32-19/h6-12,14,27H,13H2,1-5H3. The molecule has 6 nitrogen and oxygen atoms in total. The van der Waals surface area contributed by atoms with Gasteiger partial charge in [-0.15, -0.1) is 0 Å². The minimum Gasteiger partial charge on any atom is -0.506 e. The summed E-state index contributed by atoms with van der Waals surface area (Å²) in [5.74, 6) is 1.36. The fourth-order valence-electron chi connectivity index (χ4n) is 3.64. The van der Waals surface area contributed by atoms with Crippen molar-refractivity contribution >= 4 is 17.0 Å². The molecular weight excluding hydrogens is 408 g/mol. The Morgan fingerprint density at radius 3 is 2.56 bits per heavy atom. The fourth-order valence-corrected chi connectivity index (χ4v) is 3.64. The van der Waals surface area contributed by atoms with Gasteiger partial charge in [0.05, 0.1) is 12.7 Å². The van der Waals surface area contributed by atoms with E-state index in [-0.39, 0.29) is 16.9 Å². The van der Waals surface area contributed by atoms with E-state index >= 15 is 0 Å². The van der Waals surface area contributed by atoms with E-state index in [4.69, 9.17) is 18.6 Å². The molecule has 4 rings (SSSR count). The summed E-state index contributed by atoms with van der Waals surface area (Å²) in [5, 5.41) is 11.4. The van der Waals surface area contributed by atoms with Gasteiger partial charge in [-0.3, -0.25) is 0 Å². The van der Waals surface area contributed by atoms with E-state index in [2.05, 4.69) is 0 Å². The molecule has 0 saturated carbocycles. The first-order chi connectivity index (χ1) is 15.2. The van der Waals surface area contributed by atoms with Gasteiger partial charge in [-0.25, -0.2) is 4.79 Å². The monoisotopic (exact) mass is 434 g/mol. The predicted molar refractivity (Wildman–Crippen MR) is 125 cm³/mol. The zero-order valence-corrected chi connectivity index (χ0v) is 18.8. The Morgan fingerprint density at radius 1 is 1.19 bits per heavy atom. The van der Waals surface area contributed by atoms with E-state index in [9.17, 15) is 9.90 Å². The molecule has 0 saturated heterocycles. The van der Waals surface area contributed by atoms with Gasteiger partial charge in [0.15, 0.2) is 0 Å². The van der Waals surface area contributed by atoms with Gasteiger partial charge in [0.25, 0.3) is 0 Å². The number of ether oxygens (including phenoxy) is 3. The van der Waals surface area contributed by atoms with Crippen LogP contribution in [0.3, 0.4) is 0 Å². The van der Waals surface area contributed by atoms with Crippen molar-refractivity contribution in [3.05, 3.63) is 64.0 Å². The first-order valence-corrected chi connectivity index (χ1v) is 10.4. The molecule has 1 aliphatic heterocycles. The number of rotatable bonds is 5. The van der Waals surface area contributed by atoms with Gasteiger partial charge in [-0.05, 0) is 63.6 Å². The Hall–Kier alpha value is -3.67. The number of hydrogen-bond donors (Lipinski definition) is 1. The van der Waals surface area contributed by atoms with Crippen LogP contribution in [0.25, 0.3) is 28.2 Å². The quantitative estimate of drug-likeness (QED) is 0.410. The summed E-state index contributed by atoms with van der Waals surface area (Å²) in [4.78, 5) is 12.8.